The van der Waals surface area contributed by atoms with Gasteiger partial charge in [0, 0.05) is 18.7 Å². The van der Waals surface area contributed by atoms with E-state index in [0.717, 1.165) is 43.0 Å². The van der Waals surface area contributed by atoms with Crippen LogP contribution in [0.4, 0.5) is 13.2 Å². The van der Waals surface area contributed by atoms with E-state index in [9.17, 15) is 33.1 Å². The molecule has 1 fully saturated rings. The topological polar surface area (TPSA) is 105 Å². The lowest BCUT2D eigenvalue weighted by atomic mass is 9.74. The third-order valence-electron chi connectivity index (χ3n) is 6.87. The molecular weight excluding hydrogens is 497 g/mol. The summed E-state index contributed by atoms with van der Waals surface area (Å²) in [6.45, 7) is 3.04. The van der Waals surface area contributed by atoms with Crippen LogP contribution in [0.3, 0.4) is 0 Å². The van der Waals surface area contributed by atoms with Crippen LogP contribution in [-0.4, -0.2) is 60.1 Å². The van der Waals surface area contributed by atoms with E-state index in [0.29, 0.717) is 26.1 Å². The predicted molar refractivity (Wildman–Crippen MR) is 136 cm³/mol. The molecule has 1 saturated heterocycles. The minimum atomic E-state index is -4.58. The lowest BCUT2D eigenvalue weighted by Crippen LogP contribution is -2.47. The van der Waals surface area contributed by atoms with Crippen molar-refractivity contribution < 1.29 is 27.9 Å². The summed E-state index contributed by atoms with van der Waals surface area (Å²) in [5.74, 6) is -1.35. The number of likely N-dealkylation sites (tertiary alicyclic amines) is 1. The molecule has 3 rings (SSSR count). The van der Waals surface area contributed by atoms with Gasteiger partial charge in [-0.1, -0.05) is 49.7 Å². The van der Waals surface area contributed by atoms with Gasteiger partial charge in [0.05, 0.1) is 35.7 Å². The van der Waals surface area contributed by atoms with Gasteiger partial charge >= 0.3 is 6.18 Å². The van der Waals surface area contributed by atoms with Gasteiger partial charge in [-0.15, -0.1) is 0 Å². The third kappa shape index (κ3) is 7.55. The third-order valence-corrected chi connectivity index (χ3v) is 6.87. The van der Waals surface area contributed by atoms with Gasteiger partial charge in [-0.05, 0) is 49.6 Å². The van der Waals surface area contributed by atoms with Crippen LogP contribution >= 0.6 is 0 Å². The highest BCUT2D eigenvalue weighted by molar-refractivity contribution is 5.96. The summed E-state index contributed by atoms with van der Waals surface area (Å²) in [7, 11) is 0. The zero-order valence-corrected chi connectivity index (χ0v) is 21.3. The molecule has 7 nitrogen and oxygen atoms in total. The van der Waals surface area contributed by atoms with E-state index < -0.39 is 47.7 Å². The predicted octanol–water partition coefficient (Wildman–Crippen LogP) is 3.64. The molecule has 0 radical (unpaired) electrons. The van der Waals surface area contributed by atoms with Gasteiger partial charge in [0.25, 0.3) is 5.91 Å². The lowest BCUT2D eigenvalue weighted by molar-refractivity contribution is -0.137. The number of amides is 2. The van der Waals surface area contributed by atoms with Crippen LogP contribution in [0.1, 0.15) is 54.1 Å². The van der Waals surface area contributed by atoms with Crippen LogP contribution in [0, 0.1) is 11.3 Å². The van der Waals surface area contributed by atoms with Crippen molar-refractivity contribution in [2.75, 3.05) is 26.2 Å². The quantitative estimate of drug-likeness (QED) is 0.412. The number of nitriles is 1. The lowest BCUT2D eigenvalue weighted by Gasteiger charge is -2.28. The number of rotatable bonds is 11. The van der Waals surface area contributed by atoms with Crippen molar-refractivity contribution in [3.8, 4) is 6.07 Å². The van der Waals surface area contributed by atoms with Crippen molar-refractivity contribution in [3.05, 3.63) is 71.3 Å². The number of halogens is 3. The Morgan fingerprint density at radius 2 is 1.79 bits per heavy atom. The molecule has 2 aromatic carbocycles. The largest absolute Gasteiger partial charge is 0.416 e. The van der Waals surface area contributed by atoms with Crippen molar-refractivity contribution in [1.82, 2.24) is 15.5 Å². The van der Waals surface area contributed by atoms with E-state index in [2.05, 4.69) is 23.6 Å². The number of aliphatic hydroxyl groups is 1. The number of carbonyl (C=O) groups excluding carboxylic acids is 2. The molecule has 3 atom stereocenters. The molecule has 38 heavy (non-hydrogen) atoms. The van der Waals surface area contributed by atoms with Crippen LogP contribution in [-0.2, 0) is 16.4 Å². The number of β-amino-alcohol motifs (C(OH)–C–C–N with tert-alkyl or cyclic N) is 1. The van der Waals surface area contributed by atoms with E-state index in [1.54, 1.807) is 0 Å². The molecule has 204 valence electrons. The number of hydrogen-bond donors (Lipinski definition) is 3. The fraction of sp³-hybridized carbons (Fsp3) is 0.464. The second-order valence-electron chi connectivity index (χ2n) is 9.68. The summed E-state index contributed by atoms with van der Waals surface area (Å²) >= 11 is 0. The van der Waals surface area contributed by atoms with Gasteiger partial charge in [0.2, 0.25) is 5.91 Å². The highest BCUT2D eigenvalue weighted by Gasteiger charge is 2.35. The second-order valence-corrected chi connectivity index (χ2v) is 9.68. The van der Waals surface area contributed by atoms with Crippen LogP contribution < -0.4 is 10.6 Å². The zero-order chi connectivity index (χ0) is 27.8. The minimum Gasteiger partial charge on any atom is -0.390 e. The molecule has 0 spiro atoms. The maximum atomic E-state index is 12.9. The van der Waals surface area contributed by atoms with E-state index in [1.807, 2.05) is 35.2 Å². The molecule has 0 aromatic heterocycles. The summed E-state index contributed by atoms with van der Waals surface area (Å²) in [4.78, 5) is 26.6. The number of nitrogens with one attached hydrogen (secondary N) is 2. The Kier molecular flexibility index (Phi) is 9.89. The number of carbonyl (C=O) groups is 2. The van der Waals surface area contributed by atoms with E-state index >= 15 is 0 Å². The number of alkyl halides is 3. The molecular formula is C28H33F3N4O3. The Morgan fingerprint density at radius 3 is 2.45 bits per heavy atom. The van der Waals surface area contributed by atoms with E-state index in [4.69, 9.17) is 0 Å². The zero-order valence-electron chi connectivity index (χ0n) is 21.3. The first-order valence-corrected chi connectivity index (χ1v) is 12.7. The summed E-state index contributed by atoms with van der Waals surface area (Å²) in [6.07, 6.45) is -2.34. The van der Waals surface area contributed by atoms with Gasteiger partial charge in [-0.25, -0.2) is 0 Å². The van der Waals surface area contributed by atoms with Crippen molar-refractivity contribution in [1.29, 1.82) is 5.26 Å². The minimum absolute atomic E-state index is 0.202. The smallest absolute Gasteiger partial charge is 0.390 e. The second kappa shape index (κ2) is 12.9. The maximum absolute atomic E-state index is 12.9. The first-order chi connectivity index (χ1) is 18.1. The highest BCUT2D eigenvalue weighted by Crippen LogP contribution is 2.34. The SMILES string of the molecule is CCCC(C#N)(CCCN1CC(O)[C@@H](NC(=O)CNC(=O)c2cccc(C(F)(F)F)c2)C1)c1ccccc1. The molecule has 0 bridgehead atoms. The van der Waals surface area contributed by atoms with Crippen molar-refractivity contribution >= 4 is 11.8 Å². The summed E-state index contributed by atoms with van der Waals surface area (Å²) in [5, 5.41) is 25.5. The van der Waals surface area contributed by atoms with Gasteiger partial charge in [-0.3, -0.25) is 14.5 Å². The first kappa shape index (κ1) is 29.1. The molecule has 1 aliphatic heterocycles. The molecule has 1 heterocycles. The molecule has 2 amide bonds. The van der Waals surface area contributed by atoms with Crippen molar-refractivity contribution in [3.63, 3.8) is 0 Å². The molecule has 10 heteroatoms. The Hall–Kier alpha value is -3.42. The Balaban J connectivity index is 1.47. The summed E-state index contributed by atoms with van der Waals surface area (Å²) in [5.41, 5.74) is -0.719. The van der Waals surface area contributed by atoms with Crippen molar-refractivity contribution in [2.45, 2.75) is 56.3 Å². The first-order valence-electron chi connectivity index (χ1n) is 12.7. The van der Waals surface area contributed by atoms with Gasteiger partial charge in [-0.2, -0.15) is 18.4 Å². The highest BCUT2D eigenvalue weighted by atomic mass is 19.4. The Morgan fingerprint density at radius 1 is 1.08 bits per heavy atom. The molecule has 3 N–H and O–H groups in total. The molecule has 0 saturated carbocycles. The monoisotopic (exact) mass is 530 g/mol. The average Bonchev–Trinajstić information content (AvgIpc) is 3.25. The standard InChI is InChI=1S/C28H33F3N4O3/c1-2-12-27(19-32,21-9-4-3-5-10-21)13-7-14-35-17-23(24(36)18-35)34-25(37)16-33-26(38)20-8-6-11-22(15-20)28(29,30)31/h3-6,8-11,15,23-24,36H,2,7,12-14,16-18H2,1H3,(H,33,38)(H,34,37)/t23-,24?,27?/m0/s1. The van der Waals surface area contributed by atoms with Crippen LogP contribution in [0.5, 0.6) is 0 Å². The number of hydrogen-bond acceptors (Lipinski definition) is 5. The van der Waals surface area contributed by atoms with Gasteiger partial charge in [0.1, 0.15) is 0 Å². The van der Waals surface area contributed by atoms with E-state index in [1.165, 1.54) is 6.07 Å². The van der Waals surface area contributed by atoms with Crippen LogP contribution in [0.2, 0.25) is 0 Å². The van der Waals surface area contributed by atoms with E-state index in [-0.39, 0.29) is 5.56 Å². The fourth-order valence-electron chi connectivity index (χ4n) is 4.93. The number of nitrogens with zero attached hydrogens (tertiary/aromatic N) is 2. The normalized spacial score (nSPS) is 19.4. The summed E-state index contributed by atoms with van der Waals surface area (Å²) in [6, 6.07) is 15.7. The summed E-state index contributed by atoms with van der Waals surface area (Å²) < 4.78 is 38.6. The number of aliphatic hydroxyl groups excluding tert-OH is 1. The van der Waals surface area contributed by atoms with Gasteiger partial charge in [0.15, 0.2) is 0 Å². The average molecular weight is 531 g/mol. The number of benzene rings is 2. The fourth-order valence-corrected chi connectivity index (χ4v) is 4.93. The molecule has 0 aliphatic carbocycles. The Labute approximate surface area is 220 Å². The Bertz CT molecular complexity index is 1140. The van der Waals surface area contributed by atoms with Gasteiger partial charge < -0.3 is 15.7 Å². The van der Waals surface area contributed by atoms with Crippen LogP contribution in [0.25, 0.3) is 0 Å². The molecule has 2 aromatic rings. The molecule has 1 aliphatic rings. The molecule has 2 unspecified atom stereocenters. The van der Waals surface area contributed by atoms with Crippen molar-refractivity contribution in [2.24, 2.45) is 0 Å². The maximum Gasteiger partial charge on any atom is 0.416 e. The van der Waals surface area contributed by atoms with Crippen LogP contribution in [0.15, 0.2) is 54.6 Å².